The van der Waals surface area contributed by atoms with E-state index in [9.17, 15) is 9.90 Å². The maximum Gasteiger partial charge on any atom is 0.242 e. The smallest absolute Gasteiger partial charge is 0.242 e. The van der Waals surface area contributed by atoms with E-state index < -0.39 is 11.1 Å². The molecule has 0 aromatic carbocycles. The Labute approximate surface area is 103 Å². The average molecular weight is 240 g/mol. The van der Waals surface area contributed by atoms with Crippen LogP contribution < -0.4 is 5.73 Å². The Balaban J connectivity index is 2.00. The van der Waals surface area contributed by atoms with Crippen LogP contribution in [0.2, 0.25) is 0 Å². The van der Waals surface area contributed by atoms with Gasteiger partial charge in [-0.05, 0) is 39.0 Å². The van der Waals surface area contributed by atoms with Crippen LogP contribution in [0.5, 0.6) is 0 Å². The molecule has 2 aliphatic rings. The van der Waals surface area contributed by atoms with Gasteiger partial charge in [0.1, 0.15) is 0 Å². The fourth-order valence-electron chi connectivity index (χ4n) is 3.00. The minimum atomic E-state index is -0.619. The molecule has 1 saturated heterocycles. The lowest BCUT2D eigenvalue weighted by atomic mass is 9.96. The van der Waals surface area contributed by atoms with Gasteiger partial charge in [0.2, 0.25) is 5.91 Å². The Kier molecular flexibility index (Phi) is 3.46. The predicted octanol–water partition coefficient (Wildman–Crippen LogP) is 1.02. The van der Waals surface area contributed by atoms with Gasteiger partial charge in [0, 0.05) is 13.1 Å². The summed E-state index contributed by atoms with van der Waals surface area (Å²) >= 11 is 0. The summed E-state index contributed by atoms with van der Waals surface area (Å²) in [6.45, 7) is 3.24. The maximum atomic E-state index is 12.4. The predicted molar refractivity (Wildman–Crippen MR) is 66.4 cm³/mol. The van der Waals surface area contributed by atoms with Gasteiger partial charge in [-0.25, -0.2) is 0 Å². The zero-order valence-corrected chi connectivity index (χ0v) is 10.7. The first-order chi connectivity index (χ1) is 7.93. The molecule has 2 rings (SSSR count). The fraction of sp³-hybridized carbons (Fsp3) is 0.923. The Bertz CT molecular complexity index is 296. The van der Waals surface area contributed by atoms with Crippen molar-refractivity contribution in [2.75, 3.05) is 13.1 Å². The molecular formula is C13H24N2O2. The van der Waals surface area contributed by atoms with E-state index >= 15 is 0 Å². The van der Waals surface area contributed by atoms with E-state index in [4.69, 9.17) is 5.73 Å². The standard InChI is InChI=1S/C13H24N2O2/c1-12(17)5-4-9-15(10-8-12)11(16)13(14)6-2-3-7-13/h17H,2-10,14H2,1H3. The third-order valence-corrected chi connectivity index (χ3v) is 4.27. The normalized spacial score (nSPS) is 33.5. The van der Waals surface area contributed by atoms with Gasteiger partial charge in [-0.1, -0.05) is 12.8 Å². The number of amides is 1. The van der Waals surface area contributed by atoms with E-state index in [2.05, 4.69) is 0 Å². The largest absolute Gasteiger partial charge is 0.390 e. The van der Waals surface area contributed by atoms with Crippen LogP contribution in [0.1, 0.15) is 51.9 Å². The Hall–Kier alpha value is -0.610. The quantitative estimate of drug-likeness (QED) is 0.719. The monoisotopic (exact) mass is 240 g/mol. The second-order valence-electron chi connectivity index (χ2n) is 6.01. The zero-order chi connectivity index (χ0) is 12.5. The van der Waals surface area contributed by atoms with Crippen LogP contribution in [0.4, 0.5) is 0 Å². The first-order valence-electron chi connectivity index (χ1n) is 6.74. The van der Waals surface area contributed by atoms with E-state index in [0.29, 0.717) is 13.0 Å². The van der Waals surface area contributed by atoms with Gasteiger partial charge in [-0.15, -0.1) is 0 Å². The van der Waals surface area contributed by atoms with E-state index in [1.165, 1.54) is 0 Å². The summed E-state index contributed by atoms with van der Waals surface area (Å²) < 4.78 is 0. The second kappa shape index (κ2) is 4.58. The number of hydrogen-bond acceptors (Lipinski definition) is 3. The molecule has 4 nitrogen and oxygen atoms in total. The first kappa shape index (κ1) is 12.8. The molecule has 2 fully saturated rings. The number of aliphatic hydroxyl groups is 1. The van der Waals surface area contributed by atoms with Gasteiger partial charge in [-0.2, -0.15) is 0 Å². The molecule has 1 aliphatic heterocycles. The summed E-state index contributed by atoms with van der Waals surface area (Å²) in [7, 11) is 0. The van der Waals surface area contributed by atoms with Crippen LogP contribution >= 0.6 is 0 Å². The third-order valence-electron chi connectivity index (χ3n) is 4.27. The summed E-state index contributed by atoms with van der Waals surface area (Å²) in [6, 6.07) is 0. The van der Waals surface area contributed by atoms with Crippen molar-refractivity contribution in [3.63, 3.8) is 0 Å². The molecule has 3 N–H and O–H groups in total. The molecule has 1 saturated carbocycles. The van der Waals surface area contributed by atoms with Crippen molar-refractivity contribution in [1.82, 2.24) is 4.90 Å². The van der Waals surface area contributed by atoms with Crippen LogP contribution in [0.25, 0.3) is 0 Å². The number of carbonyl (C=O) groups excluding carboxylic acids is 1. The van der Waals surface area contributed by atoms with Gasteiger partial charge in [0.25, 0.3) is 0 Å². The highest BCUT2D eigenvalue weighted by Crippen LogP contribution is 2.30. The molecule has 98 valence electrons. The minimum Gasteiger partial charge on any atom is -0.390 e. The number of rotatable bonds is 1. The lowest BCUT2D eigenvalue weighted by Gasteiger charge is -2.31. The highest BCUT2D eigenvalue weighted by Gasteiger charge is 2.40. The van der Waals surface area contributed by atoms with Crippen molar-refractivity contribution < 1.29 is 9.90 Å². The van der Waals surface area contributed by atoms with Gasteiger partial charge in [0.15, 0.2) is 0 Å². The molecule has 1 unspecified atom stereocenters. The number of nitrogens with two attached hydrogens (primary N) is 1. The molecule has 1 heterocycles. The van der Waals surface area contributed by atoms with Crippen LogP contribution in [-0.2, 0) is 4.79 Å². The second-order valence-corrected chi connectivity index (χ2v) is 6.01. The SMILES string of the molecule is CC1(O)CCCN(C(=O)C2(N)CCCC2)CC1. The summed E-state index contributed by atoms with van der Waals surface area (Å²) in [5.74, 6) is 0.104. The Morgan fingerprint density at radius 3 is 2.41 bits per heavy atom. The minimum absolute atomic E-state index is 0.104. The van der Waals surface area contributed by atoms with Crippen molar-refractivity contribution in [3.05, 3.63) is 0 Å². The number of carbonyl (C=O) groups is 1. The third kappa shape index (κ3) is 2.80. The Morgan fingerprint density at radius 2 is 1.76 bits per heavy atom. The van der Waals surface area contributed by atoms with E-state index in [1.54, 1.807) is 0 Å². The molecular weight excluding hydrogens is 216 g/mol. The van der Waals surface area contributed by atoms with E-state index in [1.807, 2.05) is 11.8 Å². The van der Waals surface area contributed by atoms with Crippen molar-refractivity contribution in [1.29, 1.82) is 0 Å². The lowest BCUT2D eigenvalue weighted by Crippen LogP contribution is -2.53. The summed E-state index contributed by atoms with van der Waals surface area (Å²) in [6.07, 6.45) is 6.07. The summed E-state index contributed by atoms with van der Waals surface area (Å²) in [5.41, 5.74) is 4.96. The molecule has 1 atom stereocenters. The molecule has 0 aromatic heterocycles. The molecule has 1 aliphatic carbocycles. The van der Waals surface area contributed by atoms with Gasteiger partial charge in [-0.3, -0.25) is 4.79 Å². The molecule has 4 heteroatoms. The van der Waals surface area contributed by atoms with E-state index in [0.717, 1.165) is 45.1 Å². The van der Waals surface area contributed by atoms with Crippen molar-refractivity contribution >= 4 is 5.91 Å². The number of nitrogens with zero attached hydrogens (tertiary/aromatic N) is 1. The van der Waals surface area contributed by atoms with Crippen molar-refractivity contribution in [2.24, 2.45) is 5.73 Å². The van der Waals surface area contributed by atoms with Crippen LogP contribution in [0.3, 0.4) is 0 Å². The van der Waals surface area contributed by atoms with Gasteiger partial charge >= 0.3 is 0 Å². The van der Waals surface area contributed by atoms with Crippen LogP contribution in [0, 0.1) is 0 Å². The topological polar surface area (TPSA) is 66.6 Å². The summed E-state index contributed by atoms with van der Waals surface area (Å²) in [4.78, 5) is 14.3. The summed E-state index contributed by atoms with van der Waals surface area (Å²) in [5, 5.41) is 10.0. The van der Waals surface area contributed by atoms with E-state index in [-0.39, 0.29) is 5.91 Å². The molecule has 17 heavy (non-hydrogen) atoms. The number of hydrogen-bond donors (Lipinski definition) is 2. The van der Waals surface area contributed by atoms with Crippen molar-refractivity contribution in [3.8, 4) is 0 Å². The van der Waals surface area contributed by atoms with Gasteiger partial charge < -0.3 is 15.7 Å². The molecule has 0 aromatic rings. The highest BCUT2D eigenvalue weighted by molar-refractivity contribution is 5.86. The van der Waals surface area contributed by atoms with Gasteiger partial charge in [0.05, 0.1) is 11.1 Å². The average Bonchev–Trinajstić information content (AvgIpc) is 2.62. The molecule has 0 bridgehead atoms. The number of likely N-dealkylation sites (tertiary alicyclic amines) is 1. The maximum absolute atomic E-state index is 12.4. The van der Waals surface area contributed by atoms with Crippen molar-refractivity contribution in [2.45, 2.75) is 63.0 Å². The molecule has 1 amide bonds. The Morgan fingerprint density at radius 1 is 1.12 bits per heavy atom. The zero-order valence-electron chi connectivity index (χ0n) is 10.7. The molecule has 0 spiro atoms. The fourth-order valence-corrected chi connectivity index (χ4v) is 3.00. The first-order valence-corrected chi connectivity index (χ1v) is 6.74. The lowest BCUT2D eigenvalue weighted by molar-refractivity contribution is -0.136. The van der Waals surface area contributed by atoms with Crippen LogP contribution in [0.15, 0.2) is 0 Å². The molecule has 0 radical (unpaired) electrons. The van der Waals surface area contributed by atoms with Crippen LogP contribution in [-0.4, -0.2) is 40.1 Å². The highest BCUT2D eigenvalue weighted by atomic mass is 16.3.